The standard InChI is InChI=1S/C10H21BrO/c1-5-9(11)7-6-8-12-10(2,3)4/h9H,5-8H2,1-4H3. The lowest BCUT2D eigenvalue weighted by Crippen LogP contribution is -2.20. The van der Waals surface area contributed by atoms with Gasteiger partial charge in [0.2, 0.25) is 0 Å². The van der Waals surface area contributed by atoms with Gasteiger partial charge >= 0.3 is 0 Å². The van der Waals surface area contributed by atoms with E-state index in [0.29, 0.717) is 4.83 Å². The largest absolute Gasteiger partial charge is 0.376 e. The Morgan fingerprint density at radius 2 is 1.92 bits per heavy atom. The lowest BCUT2D eigenvalue weighted by molar-refractivity contribution is -0.00455. The summed E-state index contributed by atoms with van der Waals surface area (Å²) < 4.78 is 5.60. The highest BCUT2D eigenvalue weighted by molar-refractivity contribution is 9.09. The molecule has 2 heteroatoms. The number of ether oxygens (including phenoxy) is 1. The predicted octanol–water partition coefficient (Wildman–Crippen LogP) is 3.76. The molecule has 0 radical (unpaired) electrons. The molecule has 0 saturated carbocycles. The predicted molar refractivity (Wildman–Crippen MR) is 57.9 cm³/mol. The summed E-state index contributed by atoms with van der Waals surface area (Å²) in [6, 6.07) is 0. The van der Waals surface area contributed by atoms with E-state index in [9.17, 15) is 0 Å². The molecule has 0 aliphatic rings. The Kier molecular flexibility index (Phi) is 6.20. The van der Waals surface area contributed by atoms with E-state index in [4.69, 9.17) is 4.74 Å². The summed E-state index contributed by atoms with van der Waals surface area (Å²) in [4.78, 5) is 0.668. The summed E-state index contributed by atoms with van der Waals surface area (Å²) in [5.74, 6) is 0. The van der Waals surface area contributed by atoms with Gasteiger partial charge in [0, 0.05) is 11.4 Å². The minimum Gasteiger partial charge on any atom is -0.376 e. The maximum absolute atomic E-state index is 5.60. The second-order valence-corrected chi connectivity index (χ2v) is 5.40. The monoisotopic (exact) mass is 236 g/mol. The maximum Gasteiger partial charge on any atom is 0.0598 e. The number of hydrogen-bond donors (Lipinski definition) is 0. The van der Waals surface area contributed by atoms with E-state index in [-0.39, 0.29) is 5.60 Å². The third kappa shape index (κ3) is 8.54. The molecular weight excluding hydrogens is 216 g/mol. The Bertz CT molecular complexity index is 107. The van der Waals surface area contributed by atoms with Crippen LogP contribution in [-0.2, 0) is 4.74 Å². The summed E-state index contributed by atoms with van der Waals surface area (Å²) in [6.45, 7) is 9.37. The summed E-state index contributed by atoms with van der Waals surface area (Å²) in [5, 5.41) is 0. The van der Waals surface area contributed by atoms with Crippen LogP contribution in [0.2, 0.25) is 0 Å². The van der Waals surface area contributed by atoms with Crippen LogP contribution < -0.4 is 0 Å². The van der Waals surface area contributed by atoms with Crippen molar-refractivity contribution in [2.24, 2.45) is 0 Å². The second kappa shape index (κ2) is 5.98. The van der Waals surface area contributed by atoms with Gasteiger partial charge in [-0.3, -0.25) is 0 Å². The SMILES string of the molecule is CCC(Br)CCCOC(C)(C)C. The Labute approximate surface area is 85.0 Å². The molecule has 0 aromatic heterocycles. The zero-order chi connectivity index (χ0) is 9.61. The zero-order valence-corrected chi connectivity index (χ0v) is 10.3. The van der Waals surface area contributed by atoms with Gasteiger partial charge in [0.25, 0.3) is 0 Å². The third-order valence-electron chi connectivity index (χ3n) is 1.64. The molecule has 1 atom stereocenters. The molecule has 0 aromatic rings. The lowest BCUT2D eigenvalue weighted by atomic mass is 10.2. The highest BCUT2D eigenvalue weighted by atomic mass is 79.9. The molecule has 0 fully saturated rings. The Morgan fingerprint density at radius 3 is 2.33 bits per heavy atom. The summed E-state index contributed by atoms with van der Waals surface area (Å²) >= 11 is 3.60. The Morgan fingerprint density at radius 1 is 1.33 bits per heavy atom. The third-order valence-corrected chi connectivity index (χ3v) is 2.75. The molecule has 0 aliphatic heterocycles. The smallest absolute Gasteiger partial charge is 0.0598 e. The van der Waals surface area contributed by atoms with Gasteiger partial charge in [-0.05, 0) is 40.0 Å². The average molecular weight is 237 g/mol. The van der Waals surface area contributed by atoms with Gasteiger partial charge < -0.3 is 4.74 Å². The first-order valence-electron chi connectivity index (χ1n) is 4.73. The molecule has 0 saturated heterocycles. The molecule has 74 valence electrons. The van der Waals surface area contributed by atoms with Crippen molar-refractivity contribution < 1.29 is 4.74 Å². The van der Waals surface area contributed by atoms with Crippen LogP contribution in [0.1, 0.15) is 47.0 Å². The van der Waals surface area contributed by atoms with Gasteiger partial charge in [0.1, 0.15) is 0 Å². The molecule has 0 aromatic carbocycles. The van der Waals surface area contributed by atoms with E-state index < -0.39 is 0 Å². The average Bonchev–Trinajstić information content (AvgIpc) is 1.96. The van der Waals surface area contributed by atoms with E-state index in [2.05, 4.69) is 43.6 Å². The fraction of sp³-hybridized carbons (Fsp3) is 1.00. The summed E-state index contributed by atoms with van der Waals surface area (Å²) in [6.07, 6.45) is 3.57. The van der Waals surface area contributed by atoms with Crippen LogP contribution in [0, 0.1) is 0 Å². The van der Waals surface area contributed by atoms with Crippen LogP contribution in [-0.4, -0.2) is 17.0 Å². The van der Waals surface area contributed by atoms with Crippen molar-refractivity contribution in [3.05, 3.63) is 0 Å². The summed E-state index contributed by atoms with van der Waals surface area (Å²) in [5.41, 5.74) is 0.0218. The second-order valence-electron chi connectivity index (χ2n) is 4.11. The summed E-state index contributed by atoms with van der Waals surface area (Å²) in [7, 11) is 0. The van der Waals surface area contributed by atoms with Crippen LogP contribution in [0.5, 0.6) is 0 Å². The molecule has 1 unspecified atom stereocenters. The highest BCUT2D eigenvalue weighted by Crippen LogP contribution is 2.13. The fourth-order valence-electron chi connectivity index (χ4n) is 0.887. The molecule has 0 bridgehead atoms. The minimum absolute atomic E-state index is 0.0218. The number of hydrogen-bond acceptors (Lipinski definition) is 1. The van der Waals surface area contributed by atoms with Crippen molar-refractivity contribution >= 4 is 15.9 Å². The molecule has 0 heterocycles. The van der Waals surface area contributed by atoms with Gasteiger partial charge in [-0.15, -0.1) is 0 Å². The van der Waals surface area contributed by atoms with Crippen molar-refractivity contribution in [3.8, 4) is 0 Å². The Hall–Kier alpha value is 0.440. The number of rotatable bonds is 5. The van der Waals surface area contributed by atoms with Crippen LogP contribution in [0.4, 0.5) is 0 Å². The van der Waals surface area contributed by atoms with Crippen molar-refractivity contribution in [2.75, 3.05) is 6.61 Å². The first kappa shape index (κ1) is 12.4. The van der Waals surface area contributed by atoms with E-state index in [1.165, 1.54) is 12.8 Å². The van der Waals surface area contributed by atoms with Crippen molar-refractivity contribution in [1.82, 2.24) is 0 Å². The molecule has 12 heavy (non-hydrogen) atoms. The first-order valence-corrected chi connectivity index (χ1v) is 5.65. The normalized spacial score (nSPS) is 14.8. The van der Waals surface area contributed by atoms with Crippen LogP contribution in [0.3, 0.4) is 0 Å². The Balaban J connectivity index is 3.22. The van der Waals surface area contributed by atoms with Gasteiger partial charge in [0.15, 0.2) is 0 Å². The highest BCUT2D eigenvalue weighted by Gasteiger charge is 2.09. The number of alkyl halides is 1. The van der Waals surface area contributed by atoms with E-state index in [0.717, 1.165) is 13.0 Å². The molecule has 0 spiro atoms. The molecule has 0 N–H and O–H groups in total. The van der Waals surface area contributed by atoms with Crippen LogP contribution >= 0.6 is 15.9 Å². The van der Waals surface area contributed by atoms with Crippen molar-refractivity contribution in [1.29, 1.82) is 0 Å². The molecular formula is C10H21BrO. The maximum atomic E-state index is 5.60. The van der Waals surface area contributed by atoms with Gasteiger partial charge in [-0.2, -0.15) is 0 Å². The molecule has 0 rings (SSSR count). The van der Waals surface area contributed by atoms with Gasteiger partial charge in [0.05, 0.1) is 5.60 Å². The van der Waals surface area contributed by atoms with E-state index in [1.807, 2.05) is 0 Å². The fourth-order valence-corrected chi connectivity index (χ4v) is 1.21. The zero-order valence-electron chi connectivity index (χ0n) is 8.69. The molecule has 0 amide bonds. The van der Waals surface area contributed by atoms with E-state index >= 15 is 0 Å². The van der Waals surface area contributed by atoms with Gasteiger partial charge in [-0.1, -0.05) is 22.9 Å². The van der Waals surface area contributed by atoms with Crippen molar-refractivity contribution in [3.63, 3.8) is 0 Å². The molecule has 0 aliphatic carbocycles. The number of halogens is 1. The topological polar surface area (TPSA) is 9.23 Å². The lowest BCUT2D eigenvalue weighted by Gasteiger charge is -2.19. The minimum atomic E-state index is 0.0218. The van der Waals surface area contributed by atoms with Crippen LogP contribution in [0.25, 0.3) is 0 Å². The first-order chi connectivity index (χ1) is 5.45. The van der Waals surface area contributed by atoms with E-state index in [1.54, 1.807) is 0 Å². The quantitative estimate of drug-likeness (QED) is 0.522. The molecule has 1 nitrogen and oxygen atoms in total. The van der Waals surface area contributed by atoms with Crippen LogP contribution in [0.15, 0.2) is 0 Å². The van der Waals surface area contributed by atoms with Gasteiger partial charge in [-0.25, -0.2) is 0 Å². The van der Waals surface area contributed by atoms with Crippen molar-refractivity contribution in [2.45, 2.75) is 57.4 Å².